The van der Waals surface area contributed by atoms with Crippen molar-refractivity contribution in [3.63, 3.8) is 0 Å². The van der Waals surface area contributed by atoms with E-state index >= 15 is 0 Å². The lowest BCUT2D eigenvalue weighted by Crippen LogP contribution is -2.32. The Labute approximate surface area is 144 Å². The molecule has 0 bridgehead atoms. The maximum absolute atomic E-state index is 11.9. The van der Waals surface area contributed by atoms with Crippen molar-refractivity contribution in [3.05, 3.63) is 56.7 Å². The fourth-order valence-electron chi connectivity index (χ4n) is 2.07. The van der Waals surface area contributed by atoms with E-state index in [1.54, 1.807) is 0 Å². The van der Waals surface area contributed by atoms with Crippen LogP contribution in [0.3, 0.4) is 0 Å². The van der Waals surface area contributed by atoms with Crippen molar-refractivity contribution in [2.24, 2.45) is 0 Å². The average Bonchev–Trinajstić information content (AvgIpc) is 2.44. The summed E-state index contributed by atoms with van der Waals surface area (Å²) in [5.41, 5.74) is 4.06. The van der Waals surface area contributed by atoms with Crippen LogP contribution < -0.4 is 15.4 Å². The van der Waals surface area contributed by atoms with Gasteiger partial charge in [0.1, 0.15) is 5.75 Å². The van der Waals surface area contributed by atoms with E-state index in [0.29, 0.717) is 0 Å². The minimum absolute atomic E-state index is 0.124. The number of carbonyl (C=O) groups is 1. The van der Waals surface area contributed by atoms with E-state index in [0.717, 1.165) is 26.1 Å². The summed E-state index contributed by atoms with van der Waals surface area (Å²) in [7, 11) is 0. The molecule has 0 heterocycles. The van der Waals surface area contributed by atoms with Gasteiger partial charge < -0.3 is 15.4 Å². The van der Waals surface area contributed by atoms with Crippen LogP contribution in [-0.4, -0.2) is 12.8 Å². The molecule has 0 saturated carbocycles. The maximum atomic E-state index is 11.9. The summed E-state index contributed by atoms with van der Waals surface area (Å²) in [6.45, 7) is 6.10. The average molecular weight is 410 g/mol. The van der Waals surface area contributed by atoms with Gasteiger partial charge in [-0.2, -0.15) is 0 Å². The van der Waals surface area contributed by atoms with Crippen molar-refractivity contribution in [3.8, 4) is 5.75 Å². The van der Waals surface area contributed by atoms with Crippen molar-refractivity contribution in [2.75, 3.05) is 12.0 Å². The molecule has 2 N–H and O–H groups in total. The summed E-state index contributed by atoms with van der Waals surface area (Å²) in [5.74, 6) is 0.774. The van der Waals surface area contributed by atoms with Crippen molar-refractivity contribution >= 4 is 34.3 Å². The lowest BCUT2D eigenvalue weighted by Gasteiger charge is -2.12. The van der Waals surface area contributed by atoms with Gasteiger partial charge in [0.2, 0.25) is 0 Å². The van der Waals surface area contributed by atoms with Crippen LogP contribution in [0.1, 0.15) is 16.7 Å². The van der Waals surface area contributed by atoms with Crippen molar-refractivity contribution in [2.45, 2.75) is 20.8 Å². The second kappa shape index (κ2) is 7.49. The van der Waals surface area contributed by atoms with Gasteiger partial charge in [0.05, 0.1) is 0 Å². The molecule has 2 aromatic rings. The predicted octanol–water partition coefficient (Wildman–Crippen LogP) is 4.37. The smallest absolute Gasteiger partial charge is 0.321 e. The quantitative estimate of drug-likeness (QED) is 0.581. The molecule has 2 amide bonds. The van der Waals surface area contributed by atoms with Crippen molar-refractivity contribution in [1.82, 2.24) is 5.32 Å². The molecule has 0 atom stereocenters. The van der Waals surface area contributed by atoms with Crippen LogP contribution in [0.25, 0.3) is 0 Å². The molecule has 0 aliphatic carbocycles. The minimum Gasteiger partial charge on any atom is -0.473 e. The third-order valence-corrected chi connectivity index (χ3v) is 3.90. The van der Waals surface area contributed by atoms with E-state index in [4.69, 9.17) is 4.74 Å². The van der Waals surface area contributed by atoms with Crippen LogP contribution >= 0.6 is 22.6 Å². The van der Waals surface area contributed by atoms with E-state index in [-0.39, 0.29) is 12.8 Å². The zero-order chi connectivity index (χ0) is 16.1. The van der Waals surface area contributed by atoms with Gasteiger partial charge >= 0.3 is 6.03 Å². The van der Waals surface area contributed by atoms with Crippen LogP contribution in [0.15, 0.2) is 36.4 Å². The van der Waals surface area contributed by atoms with Gasteiger partial charge in [-0.15, -0.1) is 0 Å². The number of urea groups is 1. The number of aryl methyl sites for hydroxylation is 3. The first-order chi connectivity index (χ1) is 10.5. The number of hydrogen-bond donors (Lipinski definition) is 2. The number of hydrogen-bond acceptors (Lipinski definition) is 2. The molecule has 0 aromatic heterocycles. The van der Waals surface area contributed by atoms with Gasteiger partial charge in [-0.3, -0.25) is 0 Å². The molecule has 0 unspecified atom stereocenters. The van der Waals surface area contributed by atoms with Gasteiger partial charge in [0.25, 0.3) is 0 Å². The number of carbonyl (C=O) groups excluding carboxylic acids is 1. The topological polar surface area (TPSA) is 50.4 Å². The highest BCUT2D eigenvalue weighted by Crippen LogP contribution is 2.19. The van der Waals surface area contributed by atoms with Gasteiger partial charge in [-0.1, -0.05) is 17.7 Å². The first-order valence-electron chi connectivity index (χ1n) is 6.97. The third kappa shape index (κ3) is 4.62. The molecule has 0 aliphatic rings. The van der Waals surface area contributed by atoms with Crippen molar-refractivity contribution in [1.29, 1.82) is 0 Å². The van der Waals surface area contributed by atoms with Crippen molar-refractivity contribution < 1.29 is 9.53 Å². The molecular weight excluding hydrogens is 391 g/mol. The molecule has 22 heavy (non-hydrogen) atoms. The Balaban J connectivity index is 1.85. The van der Waals surface area contributed by atoms with Crippen LogP contribution in [-0.2, 0) is 0 Å². The van der Waals surface area contributed by atoms with Gasteiger partial charge in [-0.05, 0) is 78.8 Å². The number of nitrogens with one attached hydrogen (secondary N) is 2. The van der Waals surface area contributed by atoms with E-state index < -0.39 is 0 Å². The fourth-order valence-corrected chi connectivity index (χ4v) is 2.72. The second-order valence-electron chi connectivity index (χ2n) is 5.15. The molecule has 116 valence electrons. The SMILES string of the molecule is Cc1ccc(OCNC(=O)Nc2ccc(I)cc2C)c(C)c1. The number of benzene rings is 2. The number of rotatable bonds is 4. The summed E-state index contributed by atoms with van der Waals surface area (Å²) in [6, 6.07) is 11.5. The molecule has 2 rings (SSSR count). The van der Waals surface area contributed by atoms with E-state index in [9.17, 15) is 4.79 Å². The Morgan fingerprint density at radius 3 is 2.55 bits per heavy atom. The Morgan fingerprint density at radius 1 is 1.09 bits per heavy atom. The molecule has 0 radical (unpaired) electrons. The monoisotopic (exact) mass is 410 g/mol. The number of ether oxygens (including phenoxy) is 1. The lowest BCUT2D eigenvalue weighted by molar-refractivity contribution is 0.234. The zero-order valence-electron chi connectivity index (χ0n) is 12.9. The number of halogens is 1. The first-order valence-corrected chi connectivity index (χ1v) is 8.04. The molecular formula is C17H19IN2O2. The van der Waals surface area contributed by atoms with Gasteiger partial charge in [0, 0.05) is 9.26 Å². The van der Waals surface area contributed by atoms with Crippen LogP contribution in [0.2, 0.25) is 0 Å². The first kappa shape index (κ1) is 16.6. The fraction of sp³-hybridized carbons (Fsp3) is 0.235. The molecule has 5 heteroatoms. The second-order valence-corrected chi connectivity index (χ2v) is 6.39. The summed E-state index contributed by atoms with van der Waals surface area (Å²) in [5, 5.41) is 5.50. The Morgan fingerprint density at radius 2 is 1.86 bits per heavy atom. The molecule has 0 aliphatic heterocycles. The van der Waals surface area contributed by atoms with Crippen LogP contribution in [0.4, 0.5) is 10.5 Å². The molecule has 0 saturated heterocycles. The van der Waals surface area contributed by atoms with E-state index in [1.807, 2.05) is 57.2 Å². The predicted molar refractivity (Wildman–Crippen MR) is 97.5 cm³/mol. The van der Waals surface area contributed by atoms with Crippen LogP contribution in [0, 0.1) is 24.3 Å². The molecule has 4 nitrogen and oxygen atoms in total. The lowest BCUT2D eigenvalue weighted by atomic mass is 10.1. The maximum Gasteiger partial charge on any atom is 0.321 e. The minimum atomic E-state index is -0.283. The highest BCUT2D eigenvalue weighted by Gasteiger charge is 2.05. The summed E-state index contributed by atoms with van der Waals surface area (Å²) in [6.07, 6.45) is 0. The molecule has 0 fully saturated rings. The third-order valence-electron chi connectivity index (χ3n) is 3.23. The zero-order valence-corrected chi connectivity index (χ0v) is 15.0. The van der Waals surface area contributed by atoms with Gasteiger partial charge in [-0.25, -0.2) is 4.79 Å². The molecule has 2 aromatic carbocycles. The van der Waals surface area contributed by atoms with E-state index in [1.165, 1.54) is 5.56 Å². The highest BCUT2D eigenvalue weighted by atomic mass is 127. The summed E-state index contributed by atoms with van der Waals surface area (Å²) >= 11 is 2.24. The Kier molecular flexibility index (Phi) is 5.65. The highest BCUT2D eigenvalue weighted by molar-refractivity contribution is 14.1. The molecule has 0 spiro atoms. The number of amides is 2. The van der Waals surface area contributed by atoms with Gasteiger partial charge in [0.15, 0.2) is 6.73 Å². The van der Waals surface area contributed by atoms with E-state index in [2.05, 4.69) is 33.2 Å². The largest absolute Gasteiger partial charge is 0.473 e. The Hall–Kier alpha value is -1.76. The number of anilines is 1. The normalized spacial score (nSPS) is 10.2. The van der Waals surface area contributed by atoms with Crippen LogP contribution in [0.5, 0.6) is 5.75 Å². The Bertz CT molecular complexity index is 686. The standard InChI is InChI=1S/C17H19IN2O2/c1-11-4-7-16(13(3)8-11)22-10-19-17(21)20-15-6-5-14(18)9-12(15)2/h4-9H,10H2,1-3H3,(H2,19,20,21). The summed E-state index contributed by atoms with van der Waals surface area (Å²) < 4.78 is 6.71. The summed E-state index contributed by atoms with van der Waals surface area (Å²) in [4.78, 5) is 11.9.